The van der Waals surface area contributed by atoms with Gasteiger partial charge in [0.15, 0.2) is 18.9 Å². The number of carboxylic acids is 1. The molecular weight excluding hydrogens is 440 g/mol. The summed E-state index contributed by atoms with van der Waals surface area (Å²) in [5, 5.41) is 13.9. The first-order chi connectivity index (χ1) is 14.8. The van der Waals surface area contributed by atoms with Crippen LogP contribution in [0.4, 0.5) is 0 Å². The molecule has 160 valence electrons. The first-order valence-electron chi connectivity index (χ1n) is 9.36. The third kappa shape index (κ3) is 4.19. The van der Waals surface area contributed by atoms with E-state index in [0.29, 0.717) is 16.9 Å². The molecule has 0 bridgehead atoms. The van der Waals surface area contributed by atoms with Gasteiger partial charge in [-0.2, -0.15) is 0 Å². The number of amides is 3. The molecule has 2 atom stereocenters. The van der Waals surface area contributed by atoms with Crippen LogP contribution < -0.4 is 15.6 Å². The number of nitrogens with two attached hydrogens (primary N) is 1. The maximum atomic E-state index is 12.7. The van der Waals surface area contributed by atoms with Crippen molar-refractivity contribution in [3.63, 3.8) is 0 Å². The number of aliphatic carboxylic acids is 1. The lowest BCUT2D eigenvalue weighted by molar-refractivity contribution is -0.689. The van der Waals surface area contributed by atoms with Gasteiger partial charge < -0.3 is 16.2 Å². The summed E-state index contributed by atoms with van der Waals surface area (Å²) < 4.78 is 1.72. The highest BCUT2D eigenvalue weighted by atomic mass is 32.2. The van der Waals surface area contributed by atoms with Crippen molar-refractivity contribution in [3.05, 3.63) is 63.7 Å². The number of fused-ring (bicyclic) bond motifs is 1. The van der Waals surface area contributed by atoms with Crippen LogP contribution in [0.1, 0.15) is 15.2 Å². The summed E-state index contributed by atoms with van der Waals surface area (Å²) in [5.41, 5.74) is 6.11. The summed E-state index contributed by atoms with van der Waals surface area (Å²) >= 11 is 2.88. The monoisotopic (exact) mass is 459 g/mol. The van der Waals surface area contributed by atoms with Crippen LogP contribution in [-0.2, 0) is 27.3 Å². The van der Waals surface area contributed by atoms with Crippen molar-refractivity contribution in [2.45, 2.75) is 24.4 Å². The third-order valence-electron chi connectivity index (χ3n) is 5.03. The second kappa shape index (κ2) is 8.52. The summed E-state index contributed by atoms with van der Waals surface area (Å²) in [7, 11) is 0. The molecule has 3 amide bonds. The Bertz CT molecular complexity index is 1080. The van der Waals surface area contributed by atoms with Gasteiger partial charge in [0, 0.05) is 28.3 Å². The van der Waals surface area contributed by atoms with Crippen molar-refractivity contribution in [2.75, 3.05) is 5.75 Å². The average Bonchev–Trinajstić information content (AvgIpc) is 3.24. The Balaban J connectivity index is 1.48. The molecule has 0 aromatic carbocycles. The van der Waals surface area contributed by atoms with E-state index in [-0.39, 0.29) is 24.6 Å². The fourth-order valence-corrected chi connectivity index (χ4v) is 5.59. The van der Waals surface area contributed by atoms with Crippen molar-refractivity contribution in [3.8, 4) is 0 Å². The second-order valence-electron chi connectivity index (χ2n) is 7.09. The lowest BCUT2D eigenvalue weighted by Gasteiger charge is -2.49. The molecule has 2 aliphatic rings. The van der Waals surface area contributed by atoms with E-state index in [1.165, 1.54) is 28.0 Å². The van der Waals surface area contributed by atoms with Gasteiger partial charge in [-0.05, 0) is 11.4 Å². The Kier molecular flexibility index (Phi) is 5.79. The predicted molar refractivity (Wildman–Crippen MR) is 113 cm³/mol. The van der Waals surface area contributed by atoms with E-state index in [0.717, 1.165) is 4.88 Å². The van der Waals surface area contributed by atoms with Gasteiger partial charge in [-0.3, -0.25) is 19.3 Å². The number of hydrogen-bond acceptors (Lipinski definition) is 6. The number of thioether (sulfide) groups is 1. The number of rotatable bonds is 7. The molecule has 1 fully saturated rings. The number of nitrogens with zero attached hydrogens (tertiary/aromatic N) is 2. The number of carboxylic acid groups (broad SMARTS) is 1. The summed E-state index contributed by atoms with van der Waals surface area (Å²) in [6, 6.07) is 6.06. The Hall–Kier alpha value is -3.18. The van der Waals surface area contributed by atoms with E-state index >= 15 is 0 Å². The van der Waals surface area contributed by atoms with Crippen LogP contribution in [0.15, 0.2) is 53.3 Å². The van der Waals surface area contributed by atoms with Crippen LogP contribution in [-0.4, -0.2) is 50.9 Å². The first kappa shape index (κ1) is 21.1. The first-order valence-corrected chi connectivity index (χ1v) is 11.3. The Labute approximate surface area is 185 Å². The third-order valence-corrected chi connectivity index (χ3v) is 7.25. The highest BCUT2D eigenvalue weighted by Gasteiger charge is 2.54. The van der Waals surface area contributed by atoms with Gasteiger partial charge in [0.1, 0.15) is 17.1 Å². The van der Waals surface area contributed by atoms with E-state index in [1.807, 2.05) is 17.5 Å². The van der Waals surface area contributed by atoms with Crippen LogP contribution >= 0.6 is 23.1 Å². The highest BCUT2D eigenvalue weighted by Crippen LogP contribution is 2.40. The highest BCUT2D eigenvalue weighted by molar-refractivity contribution is 8.00. The fraction of sp³-hybridized carbons (Fsp3) is 0.250. The normalized spacial score (nSPS) is 20.1. The predicted octanol–water partition coefficient (Wildman–Crippen LogP) is 0.116. The second-order valence-corrected chi connectivity index (χ2v) is 9.23. The minimum atomic E-state index is -1.19. The molecule has 2 aromatic rings. The molecule has 4 N–H and O–H groups in total. The van der Waals surface area contributed by atoms with Gasteiger partial charge in [0.2, 0.25) is 11.8 Å². The lowest BCUT2D eigenvalue weighted by atomic mass is 10.0. The van der Waals surface area contributed by atoms with E-state index in [2.05, 4.69) is 5.32 Å². The van der Waals surface area contributed by atoms with Crippen LogP contribution in [0, 0.1) is 0 Å². The number of thiophene rings is 1. The molecular formula is C20H19N4O5S2+. The maximum absolute atomic E-state index is 12.7. The lowest BCUT2D eigenvalue weighted by Crippen LogP contribution is -2.70. The number of carbonyl (C=O) groups is 4. The molecule has 0 radical (unpaired) electrons. The van der Waals surface area contributed by atoms with Crippen LogP contribution in [0.3, 0.4) is 0 Å². The Morgan fingerprint density at radius 2 is 2.00 bits per heavy atom. The fourth-order valence-electron chi connectivity index (χ4n) is 3.55. The number of primary amides is 1. The molecule has 9 nitrogen and oxygen atoms in total. The zero-order chi connectivity index (χ0) is 22.1. The van der Waals surface area contributed by atoms with Gasteiger partial charge in [0.25, 0.3) is 5.91 Å². The van der Waals surface area contributed by atoms with E-state index in [4.69, 9.17) is 5.73 Å². The average molecular weight is 460 g/mol. The summed E-state index contributed by atoms with van der Waals surface area (Å²) in [6.07, 6.45) is 3.45. The van der Waals surface area contributed by atoms with Gasteiger partial charge in [-0.25, -0.2) is 9.36 Å². The number of aromatic nitrogens is 1. The standard InChI is InChI=1S/C20H18N4O5S2/c21-17(26)11-3-5-23(6-4-11)9-12-10-31-19-15(18(27)24(19)16(12)20(28)29)22-14(25)8-13-2-1-7-30-13/h1-7,15,19H,8-10H2,(H3-,21,22,25,26,28,29)/p+1/t15?,19-/m1/s1. The minimum Gasteiger partial charge on any atom is -0.477 e. The maximum Gasteiger partial charge on any atom is 0.352 e. The molecule has 1 saturated heterocycles. The molecule has 11 heteroatoms. The summed E-state index contributed by atoms with van der Waals surface area (Å²) in [6.45, 7) is 0.250. The Morgan fingerprint density at radius 3 is 2.61 bits per heavy atom. The number of nitrogens with one attached hydrogen (secondary N) is 1. The summed E-state index contributed by atoms with van der Waals surface area (Å²) in [4.78, 5) is 50.3. The number of β-lactam (4-membered cyclic amide) rings is 1. The van der Waals surface area contributed by atoms with E-state index in [9.17, 15) is 24.3 Å². The molecule has 4 rings (SSSR count). The van der Waals surface area contributed by atoms with Gasteiger partial charge >= 0.3 is 5.97 Å². The molecule has 1 unspecified atom stereocenters. The zero-order valence-electron chi connectivity index (χ0n) is 16.2. The smallest absolute Gasteiger partial charge is 0.352 e. The van der Waals surface area contributed by atoms with Crippen LogP contribution in [0.2, 0.25) is 0 Å². The largest absolute Gasteiger partial charge is 0.477 e. The summed E-state index contributed by atoms with van der Waals surface area (Å²) in [5.74, 6) is -2.03. The SMILES string of the molecule is NC(=O)c1cc[n+](CC2=C(C(=O)O)N3C(=O)C(NC(=O)Cc4cccs4)[C@H]3SC2)cc1. The quantitative estimate of drug-likeness (QED) is 0.398. The van der Waals surface area contributed by atoms with Crippen molar-refractivity contribution in [1.82, 2.24) is 10.2 Å². The van der Waals surface area contributed by atoms with Gasteiger partial charge in [0.05, 0.1) is 12.0 Å². The van der Waals surface area contributed by atoms with Crippen molar-refractivity contribution in [2.24, 2.45) is 5.73 Å². The molecule has 4 heterocycles. The van der Waals surface area contributed by atoms with Crippen molar-refractivity contribution in [1.29, 1.82) is 0 Å². The van der Waals surface area contributed by atoms with Gasteiger partial charge in [-0.1, -0.05) is 6.07 Å². The zero-order valence-corrected chi connectivity index (χ0v) is 17.8. The van der Waals surface area contributed by atoms with Crippen LogP contribution in [0.25, 0.3) is 0 Å². The minimum absolute atomic E-state index is 0.0519. The van der Waals surface area contributed by atoms with Crippen molar-refractivity contribution >= 4 is 46.8 Å². The topological polar surface area (TPSA) is 134 Å². The van der Waals surface area contributed by atoms with Crippen LogP contribution in [0.5, 0.6) is 0 Å². The molecule has 31 heavy (non-hydrogen) atoms. The number of carbonyl (C=O) groups excluding carboxylic acids is 3. The molecule has 0 spiro atoms. The van der Waals surface area contributed by atoms with Crippen molar-refractivity contribution < 1.29 is 28.9 Å². The molecule has 0 saturated carbocycles. The van der Waals surface area contributed by atoms with E-state index < -0.39 is 29.2 Å². The molecule has 2 aliphatic heterocycles. The number of hydrogen-bond donors (Lipinski definition) is 3. The Morgan fingerprint density at radius 1 is 1.26 bits per heavy atom. The number of pyridine rings is 1. The van der Waals surface area contributed by atoms with E-state index in [1.54, 1.807) is 29.1 Å². The van der Waals surface area contributed by atoms with Gasteiger partial charge in [-0.15, -0.1) is 23.1 Å². The molecule has 2 aromatic heterocycles. The molecule has 0 aliphatic carbocycles.